The molecule has 3 amide bonds. The van der Waals surface area contributed by atoms with Gasteiger partial charge in [0.15, 0.2) is 0 Å². The molecule has 4 N–H and O–H groups in total. The van der Waals surface area contributed by atoms with Crippen molar-refractivity contribution in [2.75, 3.05) is 17.2 Å². The van der Waals surface area contributed by atoms with Gasteiger partial charge in [-0.05, 0) is 65.7 Å². The molecule has 1 aliphatic heterocycles. The molecule has 4 aromatic rings. The molecule has 0 radical (unpaired) electrons. The molecule has 42 heavy (non-hydrogen) atoms. The van der Waals surface area contributed by atoms with Gasteiger partial charge >= 0.3 is 0 Å². The molecule has 1 aliphatic rings. The lowest BCUT2D eigenvalue weighted by Crippen LogP contribution is -2.27. The molecular formula is C27H26ClN9O5. The fourth-order valence-corrected chi connectivity index (χ4v) is 4.58. The lowest BCUT2D eigenvalue weighted by Gasteiger charge is -2.14. The molecule has 1 atom stereocenters. The van der Waals surface area contributed by atoms with Crippen LogP contribution in [0.25, 0.3) is 23.2 Å². The predicted molar refractivity (Wildman–Crippen MR) is 151 cm³/mol. The van der Waals surface area contributed by atoms with Gasteiger partial charge in [0.05, 0.1) is 16.9 Å². The second-order valence-electron chi connectivity index (χ2n) is 9.41. The maximum absolute atomic E-state index is 13.0. The zero-order valence-electron chi connectivity index (χ0n) is 22.2. The van der Waals surface area contributed by atoms with Crippen LogP contribution in [0.15, 0.2) is 53.2 Å². The lowest BCUT2D eigenvalue weighted by molar-refractivity contribution is -0.119. The smallest absolute Gasteiger partial charge is 0.250 e. The van der Waals surface area contributed by atoms with E-state index in [0.717, 1.165) is 6.42 Å². The first-order chi connectivity index (χ1) is 20.4. The number of benzene rings is 2. The number of hydrogen-bond donors (Lipinski definition) is 4. The van der Waals surface area contributed by atoms with Crippen molar-refractivity contribution in [3.8, 4) is 17.1 Å². The summed E-state index contributed by atoms with van der Waals surface area (Å²) >= 11 is 6.18. The predicted octanol–water partition coefficient (Wildman–Crippen LogP) is 3.07. The van der Waals surface area contributed by atoms with Crippen LogP contribution in [0.5, 0.6) is 0 Å². The van der Waals surface area contributed by atoms with Crippen LogP contribution in [-0.4, -0.2) is 59.8 Å². The average molecular weight is 592 g/mol. The van der Waals surface area contributed by atoms with Crippen LogP contribution in [0, 0.1) is 0 Å². The summed E-state index contributed by atoms with van der Waals surface area (Å²) in [7, 11) is 0. The summed E-state index contributed by atoms with van der Waals surface area (Å²) in [4.78, 5) is 37.3. The highest BCUT2D eigenvalue weighted by Crippen LogP contribution is 2.32. The van der Waals surface area contributed by atoms with E-state index in [1.54, 1.807) is 42.5 Å². The third kappa shape index (κ3) is 7.03. The van der Waals surface area contributed by atoms with Crippen molar-refractivity contribution >= 4 is 46.8 Å². The molecule has 0 saturated heterocycles. The SMILES string of the molecule is O=C(/C=C/c1cc(Cl)ccc1-n1cnnn1)N[C@H]1CCCCCC(=O)Nc2cc(NC(=O)CO)ccc2-c2nnc1o2. The largest absolute Gasteiger partial charge is 0.418 e. The van der Waals surface area contributed by atoms with E-state index in [2.05, 4.69) is 41.7 Å². The number of tetrazole rings is 1. The van der Waals surface area contributed by atoms with Crippen molar-refractivity contribution in [3.05, 3.63) is 65.3 Å². The first-order valence-corrected chi connectivity index (χ1v) is 13.5. The molecule has 2 aromatic heterocycles. The van der Waals surface area contributed by atoms with Crippen molar-refractivity contribution in [2.24, 2.45) is 0 Å². The molecule has 3 heterocycles. The number of carbonyl (C=O) groups excluding carboxylic acids is 3. The molecule has 2 bridgehead atoms. The monoisotopic (exact) mass is 591 g/mol. The number of amides is 3. The number of anilines is 2. The summed E-state index contributed by atoms with van der Waals surface area (Å²) in [5.41, 5.74) is 2.43. The number of rotatable bonds is 6. The number of nitrogens with one attached hydrogen (secondary N) is 3. The highest BCUT2D eigenvalue weighted by molar-refractivity contribution is 6.30. The zero-order valence-corrected chi connectivity index (χ0v) is 22.9. The average Bonchev–Trinajstić information content (AvgIpc) is 3.68. The second kappa shape index (κ2) is 13.1. The first kappa shape index (κ1) is 28.6. The zero-order chi connectivity index (χ0) is 29.5. The van der Waals surface area contributed by atoms with E-state index in [4.69, 9.17) is 21.1 Å². The summed E-state index contributed by atoms with van der Waals surface area (Å²) < 4.78 is 7.44. The van der Waals surface area contributed by atoms with Gasteiger partial charge in [-0.15, -0.1) is 15.3 Å². The minimum atomic E-state index is -0.682. The number of hydrogen-bond acceptors (Lipinski definition) is 10. The Kier molecular flexibility index (Phi) is 8.94. The maximum Gasteiger partial charge on any atom is 0.250 e. The number of aliphatic hydroxyl groups excluding tert-OH is 1. The number of halogens is 1. The Morgan fingerprint density at radius 1 is 1.17 bits per heavy atom. The van der Waals surface area contributed by atoms with Crippen molar-refractivity contribution in [1.82, 2.24) is 35.7 Å². The van der Waals surface area contributed by atoms with Gasteiger partial charge in [-0.25, -0.2) is 0 Å². The second-order valence-corrected chi connectivity index (χ2v) is 9.85. The Morgan fingerprint density at radius 2 is 2.05 bits per heavy atom. The van der Waals surface area contributed by atoms with E-state index in [1.165, 1.54) is 17.1 Å². The minimum absolute atomic E-state index is 0.124. The fraction of sp³-hybridized carbons (Fsp3) is 0.259. The normalized spacial score (nSPS) is 15.6. The summed E-state index contributed by atoms with van der Waals surface area (Å²) in [5, 5.41) is 37.4. The maximum atomic E-state index is 13.0. The van der Waals surface area contributed by atoms with Crippen LogP contribution in [0.2, 0.25) is 5.02 Å². The number of aromatic nitrogens is 6. The topological polar surface area (TPSA) is 190 Å². The van der Waals surface area contributed by atoms with Crippen molar-refractivity contribution in [2.45, 2.75) is 38.1 Å². The van der Waals surface area contributed by atoms with Gasteiger partial charge in [0.2, 0.25) is 29.5 Å². The third-order valence-electron chi connectivity index (χ3n) is 6.40. The van der Waals surface area contributed by atoms with Gasteiger partial charge in [-0.1, -0.05) is 24.4 Å². The summed E-state index contributed by atoms with van der Waals surface area (Å²) in [6, 6.07) is 9.30. The quantitative estimate of drug-likeness (QED) is 0.242. The van der Waals surface area contributed by atoms with Gasteiger partial charge in [-0.3, -0.25) is 14.4 Å². The van der Waals surface area contributed by atoms with E-state index in [-0.39, 0.29) is 24.1 Å². The molecule has 15 heteroatoms. The highest BCUT2D eigenvalue weighted by atomic mass is 35.5. The van der Waals surface area contributed by atoms with Crippen molar-refractivity contribution < 1.29 is 23.9 Å². The molecule has 216 valence electrons. The van der Waals surface area contributed by atoms with Crippen molar-refractivity contribution in [3.63, 3.8) is 0 Å². The van der Waals surface area contributed by atoms with Gasteiger partial charge in [0.1, 0.15) is 19.0 Å². The van der Waals surface area contributed by atoms with Crippen LogP contribution in [0.4, 0.5) is 11.4 Å². The van der Waals surface area contributed by atoms with Crippen molar-refractivity contribution in [1.29, 1.82) is 0 Å². The molecule has 5 rings (SSSR count). The number of fused-ring (bicyclic) bond motifs is 4. The van der Waals surface area contributed by atoms with E-state index in [9.17, 15) is 14.4 Å². The Hall–Kier alpha value is -4.95. The molecule has 2 aromatic carbocycles. The Labute approximate surface area is 244 Å². The van der Waals surface area contributed by atoms with Gasteiger partial charge < -0.3 is 25.5 Å². The van der Waals surface area contributed by atoms with Crippen LogP contribution in [0.1, 0.15) is 49.6 Å². The van der Waals surface area contributed by atoms with E-state index < -0.39 is 24.5 Å². The number of nitrogens with zero attached hydrogens (tertiary/aromatic N) is 6. The van der Waals surface area contributed by atoms with Crippen LogP contribution >= 0.6 is 11.6 Å². The van der Waals surface area contributed by atoms with Crippen LogP contribution in [-0.2, 0) is 14.4 Å². The van der Waals surface area contributed by atoms with E-state index >= 15 is 0 Å². The molecule has 0 saturated carbocycles. The first-order valence-electron chi connectivity index (χ1n) is 13.1. The Bertz CT molecular complexity index is 1620. The van der Waals surface area contributed by atoms with Crippen LogP contribution in [0.3, 0.4) is 0 Å². The number of carbonyl (C=O) groups is 3. The van der Waals surface area contributed by atoms with Gasteiger partial charge in [0.25, 0.3) is 0 Å². The lowest BCUT2D eigenvalue weighted by atomic mass is 10.1. The van der Waals surface area contributed by atoms with E-state index in [0.29, 0.717) is 52.5 Å². The number of aliphatic hydroxyl groups is 1. The molecule has 0 aliphatic carbocycles. The van der Waals surface area contributed by atoms with Crippen LogP contribution < -0.4 is 16.0 Å². The molecule has 0 fully saturated rings. The molecule has 14 nitrogen and oxygen atoms in total. The standard InChI is InChI=1S/C27H26ClN9O5/c28-17-7-10-22(37-15-29-35-36-37)16(12-17)6-11-24(40)31-20-4-2-1-3-5-23(39)32-21-13-18(30-25(41)14-38)8-9-19(21)26-33-34-27(20)42-26/h6-13,15,20,38H,1-5,14H2,(H,30,41)(H,31,40)(H,32,39)/b11-6+/t20-/m0/s1. The summed E-state index contributed by atoms with van der Waals surface area (Å²) in [6.45, 7) is -0.682. The minimum Gasteiger partial charge on any atom is -0.418 e. The van der Waals surface area contributed by atoms with Gasteiger partial charge in [0, 0.05) is 28.8 Å². The third-order valence-corrected chi connectivity index (χ3v) is 6.64. The molecular weight excluding hydrogens is 566 g/mol. The molecule has 0 spiro atoms. The van der Waals surface area contributed by atoms with E-state index in [1.807, 2.05) is 0 Å². The Balaban J connectivity index is 1.39. The Morgan fingerprint density at radius 3 is 2.86 bits per heavy atom. The highest BCUT2D eigenvalue weighted by Gasteiger charge is 2.23. The van der Waals surface area contributed by atoms with Gasteiger partial charge in [-0.2, -0.15) is 4.68 Å². The summed E-state index contributed by atoms with van der Waals surface area (Å²) in [5.74, 6) is -0.871. The summed E-state index contributed by atoms with van der Waals surface area (Å²) in [6.07, 6.45) is 7.27. The molecule has 0 unspecified atom stereocenters. The fourth-order valence-electron chi connectivity index (χ4n) is 4.40.